The highest BCUT2D eigenvalue weighted by Gasteiger charge is 2.12. The zero-order chi connectivity index (χ0) is 18.5. The maximum atomic E-state index is 12.6. The molecule has 0 radical (unpaired) electrons. The van der Waals surface area contributed by atoms with Crippen LogP contribution in [0, 0.1) is 13.8 Å². The fourth-order valence-electron chi connectivity index (χ4n) is 2.47. The number of methoxy groups -OCH3 is 1. The highest BCUT2D eigenvalue weighted by Crippen LogP contribution is 2.20. The molecule has 1 aromatic heterocycles. The van der Waals surface area contributed by atoms with Gasteiger partial charge in [-0.2, -0.15) is 0 Å². The minimum absolute atomic E-state index is 0.288. The summed E-state index contributed by atoms with van der Waals surface area (Å²) in [5, 5.41) is 5.99. The van der Waals surface area contributed by atoms with Crippen LogP contribution in [0.3, 0.4) is 0 Å². The summed E-state index contributed by atoms with van der Waals surface area (Å²) in [6.45, 7) is 3.82. The third-order valence-corrected chi connectivity index (χ3v) is 3.81. The second kappa shape index (κ2) is 7.65. The SMILES string of the molecule is COc1cccc(NC(=O)c2cc(C)nc(Nc3ccccc3C)n2)c1. The fourth-order valence-corrected chi connectivity index (χ4v) is 2.47. The van der Waals surface area contributed by atoms with Gasteiger partial charge in [0.1, 0.15) is 11.4 Å². The lowest BCUT2D eigenvalue weighted by molar-refractivity contribution is 0.102. The van der Waals surface area contributed by atoms with Gasteiger partial charge in [-0.3, -0.25) is 4.79 Å². The Kier molecular flexibility index (Phi) is 5.12. The number of carbonyl (C=O) groups is 1. The van der Waals surface area contributed by atoms with Crippen molar-refractivity contribution in [2.75, 3.05) is 17.7 Å². The molecule has 2 aromatic carbocycles. The molecule has 3 aromatic rings. The molecule has 0 aliphatic heterocycles. The first-order valence-electron chi connectivity index (χ1n) is 8.19. The van der Waals surface area contributed by atoms with E-state index < -0.39 is 0 Å². The zero-order valence-electron chi connectivity index (χ0n) is 14.9. The number of carbonyl (C=O) groups excluding carboxylic acids is 1. The van der Waals surface area contributed by atoms with Crippen molar-refractivity contribution in [3.8, 4) is 5.75 Å². The van der Waals surface area contributed by atoms with Gasteiger partial charge in [0.05, 0.1) is 7.11 Å². The zero-order valence-corrected chi connectivity index (χ0v) is 14.9. The Morgan fingerprint density at radius 2 is 1.81 bits per heavy atom. The molecule has 0 bridgehead atoms. The molecule has 132 valence electrons. The van der Waals surface area contributed by atoms with Crippen molar-refractivity contribution in [3.05, 3.63) is 71.5 Å². The van der Waals surface area contributed by atoms with Gasteiger partial charge in [0, 0.05) is 23.1 Å². The number of aromatic nitrogens is 2. The maximum Gasteiger partial charge on any atom is 0.274 e. The predicted molar refractivity (Wildman–Crippen MR) is 102 cm³/mol. The van der Waals surface area contributed by atoms with E-state index in [1.165, 1.54) is 0 Å². The van der Waals surface area contributed by atoms with Crippen molar-refractivity contribution in [2.45, 2.75) is 13.8 Å². The van der Waals surface area contributed by atoms with Crippen LogP contribution >= 0.6 is 0 Å². The summed E-state index contributed by atoms with van der Waals surface area (Å²) in [5.41, 5.74) is 3.60. The number of anilines is 3. The molecule has 6 nitrogen and oxygen atoms in total. The number of benzene rings is 2. The summed E-state index contributed by atoms with van der Waals surface area (Å²) in [5.74, 6) is 0.746. The minimum Gasteiger partial charge on any atom is -0.497 e. The van der Waals surface area contributed by atoms with Gasteiger partial charge < -0.3 is 15.4 Å². The van der Waals surface area contributed by atoms with Gasteiger partial charge in [-0.25, -0.2) is 9.97 Å². The number of nitrogens with one attached hydrogen (secondary N) is 2. The van der Waals surface area contributed by atoms with Crippen LogP contribution in [0.2, 0.25) is 0 Å². The number of ether oxygens (including phenoxy) is 1. The van der Waals surface area contributed by atoms with E-state index in [0.29, 0.717) is 23.1 Å². The van der Waals surface area contributed by atoms with E-state index in [0.717, 1.165) is 11.3 Å². The fraction of sp³-hybridized carbons (Fsp3) is 0.150. The Morgan fingerprint density at radius 1 is 1.00 bits per heavy atom. The first kappa shape index (κ1) is 17.4. The molecule has 0 atom stereocenters. The molecule has 3 rings (SSSR count). The van der Waals surface area contributed by atoms with Crippen LogP contribution in [0.25, 0.3) is 0 Å². The summed E-state index contributed by atoms with van der Waals surface area (Å²) in [7, 11) is 1.58. The summed E-state index contributed by atoms with van der Waals surface area (Å²) in [6.07, 6.45) is 0. The van der Waals surface area contributed by atoms with Crippen LogP contribution in [0.5, 0.6) is 5.75 Å². The van der Waals surface area contributed by atoms with Crippen molar-refractivity contribution < 1.29 is 9.53 Å². The molecule has 1 amide bonds. The van der Waals surface area contributed by atoms with Crippen LogP contribution < -0.4 is 15.4 Å². The van der Waals surface area contributed by atoms with E-state index in [1.807, 2.05) is 50.2 Å². The molecule has 0 fully saturated rings. The van der Waals surface area contributed by atoms with Crippen LogP contribution in [-0.4, -0.2) is 23.0 Å². The largest absolute Gasteiger partial charge is 0.497 e. The molecule has 6 heteroatoms. The molecular formula is C20H20N4O2. The van der Waals surface area contributed by atoms with E-state index in [2.05, 4.69) is 20.6 Å². The monoisotopic (exact) mass is 348 g/mol. The standard InChI is InChI=1S/C20H20N4O2/c1-13-7-4-5-10-17(13)23-20-21-14(2)11-18(24-20)19(25)22-15-8-6-9-16(12-15)26-3/h4-12H,1-3H3,(H,22,25)(H,21,23,24). The summed E-state index contributed by atoms with van der Waals surface area (Å²) in [4.78, 5) is 21.3. The topological polar surface area (TPSA) is 76.1 Å². The molecule has 1 heterocycles. The van der Waals surface area contributed by atoms with Gasteiger partial charge >= 0.3 is 0 Å². The molecule has 0 aliphatic carbocycles. The first-order chi connectivity index (χ1) is 12.5. The number of rotatable bonds is 5. The van der Waals surface area contributed by atoms with Gasteiger partial charge in [-0.15, -0.1) is 0 Å². The first-order valence-corrected chi connectivity index (χ1v) is 8.19. The second-order valence-electron chi connectivity index (χ2n) is 5.84. The number of hydrogen-bond acceptors (Lipinski definition) is 5. The Bertz CT molecular complexity index is 941. The Labute approximate surface area is 152 Å². The summed E-state index contributed by atoms with van der Waals surface area (Å²) < 4.78 is 5.17. The molecule has 0 saturated heterocycles. The van der Waals surface area contributed by atoms with E-state index in [1.54, 1.807) is 25.3 Å². The highest BCUT2D eigenvalue weighted by atomic mass is 16.5. The van der Waals surface area contributed by atoms with Crippen molar-refractivity contribution in [1.82, 2.24) is 9.97 Å². The average molecular weight is 348 g/mol. The van der Waals surface area contributed by atoms with E-state index in [4.69, 9.17) is 4.74 Å². The molecular weight excluding hydrogens is 328 g/mol. The van der Waals surface area contributed by atoms with Crippen LogP contribution in [0.1, 0.15) is 21.7 Å². The van der Waals surface area contributed by atoms with Crippen LogP contribution in [0.15, 0.2) is 54.6 Å². The number of amides is 1. The third kappa shape index (κ3) is 4.16. The summed E-state index contributed by atoms with van der Waals surface area (Å²) in [6, 6.07) is 16.6. The summed E-state index contributed by atoms with van der Waals surface area (Å²) >= 11 is 0. The van der Waals surface area contributed by atoms with Crippen LogP contribution in [0.4, 0.5) is 17.3 Å². The molecule has 0 spiro atoms. The van der Waals surface area contributed by atoms with Crippen LogP contribution in [-0.2, 0) is 0 Å². The number of hydrogen-bond donors (Lipinski definition) is 2. The van der Waals surface area contributed by atoms with Crippen molar-refractivity contribution >= 4 is 23.2 Å². The smallest absolute Gasteiger partial charge is 0.274 e. The quantitative estimate of drug-likeness (QED) is 0.726. The van der Waals surface area contributed by atoms with E-state index >= 15 is 0 Å². The van der Waals surface area contributed by atoms with Gasteiger partial charge in [-0.05, 0) is 43.7 Å². The molecule has 0 aliphatic rings. The second-order valence-corrected chi connectivity index (χ2v) is 5.84. The molecule has 26 heavy (non-hydrogen) atoms. The lowest BCUT2D eigenvalue weighted by Gasteiger charge is -2.11. The number of aryl methyl sites for hydroxylation is 2. The van der Waals surface area contributed by atoms with Crippen molar-refractivity contribution in [1.29, 1.82) is 0 Å². The maximum absolute atomic E-state index is 12.6. The third-order valence-electron chi connectivity index (χ3n) is 3.81. The Hall–Kier alpha value is -3.41. The highest BCUT2D eigenvalue weighted by molar-refractivity contribution is 6.03. The Balaban J connectivity index is 1.82. The van der Waals surface area contributed by atoms with Crippen molar-refractivity contribution in [2.24, 2.45) is 0 Å². The lowest BCUT2D eigenvalue weighted by Crippen LogP contribution is -2.15. The number of nitrogens with zero attached hydrogens (tertiary/aromatic N) is 2. The average Bonchev–Trinajstić information content (AvgIpc) is 2.63. The van der Waals surface area contributed by atoms with Gasteiger partial charge in [0.15, 0.2) is 0 Å². The van der Waals surface area contributed by atoms with Gasteiger partial charge in [0.2, 0.25) is 5.95 Å². The molecule has 0 saturated carbocycles. The molecule has 0 unspecified atom stereocenters. The lowest BCUT2D eigenvalue weighted by atomic mass is 10.2. The van der Waals surface area contributed by atoms with Gasteiger partial charge in [-0.1, -0.05) is 24.3 Å². The normalized spacial score (nSPS) is 10.3. The van der Waals surface area contributed by atoms with E-state index in [-0.39, 0.29) is 11.6 Å². The predicted octanol–water partition coefficient (Wildman–Crippen LogP) is 4.10. The van der Waals surface area contributed by atoms with Crippen molar-refractivity contribution in [3.63, 3.8) is 0 Å². The molecule has 2 N–H and O–H groups in total. The van der Waals surface area contributed by atoms with Gasteiger partial charge in [0.25, 0.3) is 5.91 Å². The van der Waals surface area contributed by atoms with E-state index in [9.17, 15) is 4.79 Å². The minimum atomic E-state index is -0.309. The number of para-hydroxylation sites is 1. The Morgan fingerprint density at radius 3 is 2.58 bits per heavy atom.